The number of carbonyl (C=O) groups excluding carboxylic acids is 3. The number of imide groups is 1. The zero-order valence-corrected chi connectivity index (χ0v) is 9.66. The van der Waals surface area contributed by atoms with E-state index < -0.39 is 25.3 Å². The summed E-state index contributed by atoms with van der Waals surface area (Å²) in [5.74, 6) is -0.719. The highest BCUT2D eigenvalue weighted by atomic mass is 16.5. The van der Waals surface area contributed by atoms with Crippen LogP contribution in [0, 0.1) is 23.0 Å². The molecule has 0 spiro atoms. The van der Waals surface area contributed by atoms with E-state index in [-0.39, 0.29) is 13.0 Å². The van der Waals surface area contributed by atoms with E-state index in [0.29, 0.717) is 4.90 Å². The number of nitrogens with one attached hydrogen (secondary N) is 1. The largest absolute Gasteiger partial charge is 0.427 e. The maximum absolute atomic E-state index is 11.6. The Morgan fingerprint density at radius 1 is 1.26 bits per heavy atom. The van der Waals surface area contributed by atoms with Crippen LogP contribution in [0.3, 0.4) is 0 Å². The van der Waals surface area contributed by atoms with Gasteiger partial charge in [0.15, 0.2) is 6.73 Å². The molecule has 10 heteroatoms. The van der Waals surface area contributed by atoms with Crippen molar-refractivity contribution in [2.45, 2.75) is 6.42 Å². The molecule has 0 atom stereocenters. The lowest BCUT2D eigenvalue weighted by Crippen LogP contribution is -2.44. The summed E-state index contributed by atoms with van der Waals surface area (Å²) >= 11 is 0. The Balaban J connectivity index is 4.47. The summed E-state index contributed by atoms with van der Waals surface area (Å²) in [6.45, 7) is -1.18. The summed E-state index contributed by atoms with van der Waals surface area (Å²) in [6.07, 6.45) is 3.60. The Morgan fingerprint density at radius 2 is 1.95 bits per heavy atom. The molecule has 0 bridgehead atoms. The van der Waals surface area contributed by atoms with Crippen molar-refractivity contribution in [1.29, 1.82) is 10.5 Å². The van der Waals surface area contributed by atoms with Gasteiger partial charge in [-0.15, -0.1) is 0 Å². The smallest absolute Gasteiger partial charge is 0.328 e. The molecule has 0 radical (unpaired) electrons. The summed E-state index contributed by atoms with van der Waals surface area (Å²) in [5, 5.41) is 18.3. The van der Waals surface area contributed by atoms with Gasteiger partial charge in [-0.1, -0.05) is 0 Å². The van der Waals surface area contributed by atoms with Crippen LogP contribution in [0.5, 0.6) is 0 Å². The predicted octanol–water partition coefficient (Wildman–Crippen LogP) is -0.839. The van der Waals surface area contributed by atoms with Crippen molar-refractivity contribution in [3.8, 4) is 12.5 Å². The SMILES string of the molecule is N#COCCC(=O)N(CN=C=O)C(=O)NCOC#N. The quantitative estimate of drug-likeness (QED) is 0.208. The molecule has 0 saturated carbocycles. The number of hydrogen-bond donors (Lipinski definition) is 1. The van der Waals surface area contributed by atoms with Gasteiger partial charge in [-0.3, -0.25) is 4.79 Å². The van der Waals surface area contributed by atoms with Gasteiger partial charge in [0.1, 0.15) is 13.3 Å². The van der Waals surface area contributed by atoms with Crippen LogP contribution in [-0.2, 0) is 19.1 Å². The molecule has 0 rings (SSSR count). The van der Waals surface area contributed by atoms with Crippen molar-refractivity contribution >= 4 is 18.0 Å². The average Bonchev–Trinajstić information content (AvgIpc) is 2.40. The van der Waals surface area contributed by atoms with E-state index in [1.807, 2.05) is 0 Å². The van der Waals surface area contributed by atoms with E-state index in [2.05, 4.69) is 19.8 Å². The van der Waals surface area contributed by atoms with Crippen molar-refractivity contribution in [2.24, 2.45) is 4.99 Å². The van der Waals surface area contributed by atoms with Gasteiger partial charge < -0.3 is 14.8 Å². The minimum atomic E-state index is -0.906. The number of rotatable bonds is 7. The molecule has 3 amide bonds. The highest BCUT2D eigenvalue weighted by molar-refractivity contribution is 5.94. The molecule has 0 aromatic carbocycles. The number of nitriles is 2. The number of hydrogen-bond acceptors (Lipinski definition) is 8. The van der Waals surface area contributed by atoms with Gasteiger partial charge in [-0.25, -0.2) is 14.5 Å². The molecule has 0 aliphatic heterocycles. The predicted molar refractivity (Wildman–Crippen MR) is 56.1 cm³/mol. The number of urea groups is 1. The fourth-order valence-corrected chi connectivity index (χ4v) is 0.900. The first-order chi connectivity index (χ1) is 9.17. The van der Waals surface area contributed by atoms with E-state index in [4.69, 9.17) is 10.5 Å². The molecule has 0 saturated heterocycles. The molecule has 0 heterocycles. The molecule has 100 valence electrons. The zero-order valence-electron chi connectivity index (χ0n) is 9.66. The van der Waals surface area contributed by atoms with E-state index >= 15 is 0 Å². The lowest BCUT2D eigenvalue weighted by molar-refractivity contribution is -0.128. The van der Waals surface area contributed by atoms with Crippen LogP contribution in [0.1, 0.15) is 6.42 Å². The maximum Gasteiger partial charge on any atom is 0.328 e. The molecule has 0 aliphatic carbocycles. The van der Waals surface area contributed by atoms with Crippen LogP contribution in [0.2, 0.25) is 0 Å². The highest BCUT2D eigenvalue weighted by Crippen LogP contribution is 1.97. The number of aliphatic imine (C=N–C) groups is 1. The number of isocyanates is 1. The van der Waals surface area contributed by atoms with Crippen LogP contribution in [0.4, 0.5) is 4.79 Å². The minimum absolute atomic E-state index is 0.210. The first kappa shape index (κ1) is 15.9. The fourth-order valence-electron chi connectivity index (χ4n) is 0.900. The van der Waals surface area contributed by atoms with Gasteiger partial charge in [0, 0.05) is 0 Å². The Labute approximate surface area is 107 Å². The van der Waals surface area contributed by atoms with Gasteiger partial charge >= 0.3 is 6.03 Å². The van der Waals surface area contributed by atoms with Crippen LogP contribution < -0.4 is 5.32 Å². The number of carbonyl (C=O) groups is 2. The van der Waals surface area contributed by atoms with Crippen LogP contribution in [0.25, 0.3) is 0 Å². The second-order valence-electron chi connectivity index (χ2n) is 2.76. The third kappa shape index (κ3) is 6.94. The lowest BCUT2D eigenvalue weighted by Gasteiger charge is -2.17. The topological polar surface area (TPSA) is 145 Å². The Hall–Kier alpha value is -3.10. The molecule has 10 nitrogen and oxygen atoms in total. The fraction of sp³-hybridized carbons (Fsp3) is 0.444. The van der Waals surface area contributed by atoms with Gasteiger partial charge in [0.25, 0.3) is 12.5 Å². The number of ether oxygens (including phenoxy) is 2. The Bertz CT molecular complexity index is 413. The summed E-state index contributed by atoms with van der Waals surface area (Å²) in [4.78, 5) is 36.8. The van der Waals surface area contributed by atoms with Crippen LogP contribution in [-0.4, -0.2) is 42.9 Å². The molecule has 1 N–H and O–H groups in total. The molecule has 0 fully saturated rings. The first-order valence-corrected chi connectivity index (χ1v) is 4.81. The van der Waals surface area contributed by atoms with E-state index in [1.165, 1.54) is 18.6 Å². The van der Waals surface area contributed by atoms with E-state index in [1.54, 1.807) is 0 Å². The number of amides is 3. The van der Waals surface area contributed by atoms with Gasteiger partial charge in [-0.2, -0.15) is 15.5 Å². The molecule has 0 unspecified atom stereocenters. The minimum Gasteiger partial charge on any atom is -0.427 e. The van der Waals surface area contributed by atoms with Crippen molar-refractivity contribution in [1.82, 2.24) is 10.2 Å². The van der Waals surface area contributed by atoms with Gasteiger partial charge in [0.05, 0.1) is 6.42 Å². The summed E-state index contributed by atoms with van der Waals surface area (Å²) in [7, 11) is 0. The third-order valence-corrected chi connectivity index (χ3v) is 1.67. The third-order valence-electron chi connectivity index (χ3n) is 1.67. The molecule has 0 aromatic heterocycles. The first-order valence-electron chi connectivity index (χ1n) is 4.81. The van der Waals surface area contributed by atoms with Crippen molar-refractivity contribution in [2.75, 3.05) is 20.0 Å². The highest BCUT2D eigenvalue weighted by Gasteiger charge is 2.20. The second kappa shape index (κ2) is 10.1. The lowest BCUT2D eigenvalue weighted by atomic mass is 10.4. The van der Waals surface area contributed by atoms with Crippen molar-refractivity contribution < 1.29 is 23.9 Å². The van der Waals surface area contributed by atoms with Gasteiger partial charge in [0.2, 0.25) is 12.0 Å². The van der Waals surface area contributed by atoms with Crippen molar-refractivity contribution in [3.63, 3.8) is 0 Å². The molecule has 0 aliphatic rings. The second-order valence-corrected chi connectivity index (χ2v) is 2.76. The molecule has 19 heavy (non-hydrogen) atoms. The standard InChI is InChI=1S/C9H9N5O5/c10-3-18-2-1-8(16)14(5-12-6-15)9(17)13-7-19-4-11/h1-2,5,7H2,(H,13,17). The maximum atomic E-state index is 11.6. The normalized spacial score (nSPS) is 8.11. The van der Waals surface area contributed by atoms with Gasteiger partial charge in [-0.05, 0) is 0 Å². The number of nitrogens with zero attached hydrogens (tertiary/aromatic N) is 4. The Kier molecular flexibility index (Phi) is 8.44. The summed E-state index contributed by atoms with van der Waals surface area (Å²) in [6, 6.07) is -0.906. The molecular weight excluding hydrogens is 258 g/mol. The molecular formula is C9H9N5O5. The van der Waals surface area contributed by atoms with Crippen molar-refractivity contribution in [3.05, 3.63) is 0 Å². The van der Waals surface area contributed by atoms with Crippen LogP contribution >= 0.6 is 0 Å². The average molecular weight is 267 g/mol. The zero-order chi connectivity index (χ0) is 14.5. The van der Waals surface area contributed by atoms with Crippen LogP contribution in [0.15, 0.2) is 4.99 Å². The summed E-state index contributed by atoms with van der Waals surface area (Å²) < 4.78 is 8.48. The summed E-state index contributed by atoms with van der Waals surface area (Å²) in [5.41, 5.74) is 0. The Morgan fingerprint density at radius 3 is 2.53 bits per heavy atom. The molecule has 0 aromatic rings. The monoisotopic (exact) mass is 267 g/mol. The van der Waals surface area contributed by atoms with E-state index in [9.17, 15) is 14.4 Å². The van der Waals surface area contributed by atoms with E-state index in [0.717, 1.165) is 0 Å².